The normalized spacial score (nSPS) is 11.2. The fraction of sp³-hybridized carbons (Fsp3) is 0.385. The van der Waals surface area contributed by atoms with Crippen molar-refractivity contribution in [3.8, 4) is 0 Å². The van der Waals surface area contributed by atoms with Crippen LogP contribution >= 0.6 is 0 Å². The van der Waals surface area contributed by atoms with Gasteiger partial charge in [-0.3, -0.25) is 9.59 Å². The van der Waals surface area contributed by atoms with Gasteiger partial charge in [0.25, 0.3) is 11.5 Å². The molecule has 0 unspecified atom stereocenters. The van der Waals surface area contributed by atoms with E-state index in [0.29, 0.717) is 12.7 Å². The van der Waals surface area contributed by atoms with Crippen molar-refractivity contribution in [2.24, 2.45) is 0 Å². The number of aromatic nitrogens is 1. The number of rotatable bonds is 6. The molecule has 0 atom stereocenters. The van der Waals surface area contributed by atoms with Gasteiger partial charge in [-0.2, -0.15) is 13.2 Å². The summed E-state index contributed by atoms with van der Waals surface area (Å²) in [6.45, 7) is 6.08. The zero-order chi connectivity index (χ0) is 16.0. The lowest BCUT2D eigenvalue weighted by Crippen LogP contribution is -2.32. The molecule has 0 bridgehead atoms. The minimum Gasteiger partial charge on any atom is -0.375 e. The molecular weight excluding hydrogens is 289 g/mol. The largest absolute Gasteiger partial charge is 0.431 e. The first-order valence-corrected chi connectivity index (χ1v) is 6.02. The molecule has 0 aliphatic heterocycles. The number of carbonyl (C=O) groups is 1. The number of aromatic amines is 1. The Morgan fingerprint density at radius 1 is 1.43 bits per heavy atom. The zero-order valence-corrected chi connectivity index (χ0v) is 11.3. The summed E-state index contributed by atoms with van der Waals surface area (Å²) in [7, 11) is 0. The monoisotopic (exact) mass is 304 g/mol. The Morgan fingerprint density at radius 3 is 2.62 bits per heavy atom. The molecule has 8 heteroatoms. The average molecular weight is 304 g/mol. The van der Waals surface area contributed by atoms with E-state index in [4.69, 9.17) is 4.74 Å². The summed E-state index contributed by atoms with van der Waals surface area (Å²) in [4.78, 5) is 24.7. The number of pyridine rings is 1. The minimum atomic E-state index is -4.66. The molecule has 0 saturated heterocycles. The Hall–Kier alpha value is -2.09. The third kappa shape index (κ3) is 5.42. The molecule has 5 nitrogen and oxygen atoms in total. The highest BCUT2D eigenvalue weighted by molar-refractivity contribution is 5.93. The van der Waals surface area contributed by atoms with Gasteiger partial charge in [-0.15, -0.1) is 0 Å². The number of hydrogen-bond donors (Lipinski definition) is 2. The maximum absolute atomic E-state index is 12.4. The molecule has 116 valence electrons. The summed E-state index contributed by atoms with van der Waals surface area (Å²) in [5.41, 5.74) is -1.86. The van der Waals surface area contributed by atoms with Gasteiger partial charge in [0.05, 0.1) is 13.2 Å². The maximum atomic E-state index is 12.4. The number of nitrogens with one attached hydrogen (secondary N) is 2. The molecular formula is C13H15F3N2O3. The van der Waals surface area contributed by atoms with Crippen LogP contribution in [0.15, 0.2) is 29.1 Å². The van der Waals surface area contributed by atoms with Crippen molar-refractivity contribution in [3.63, 3.8) is 0 Å². The van der Waals surface area contributed by atoms with Gasteiger partial charge < -0.3 is 15.0 Å². The molecule has 0 aliphatic rings. The van der Waals surface area contributed by atoms with Crippen LogP contribution in [-0.2, 0) is 10.9 Å². The smallest absolute Gasteiger partial charge is 0.375 e. The molecule has 0 fully saturated rings. The SMILES string of the molecule is C=C(C)COCCNC(=O)c1ccc(C(F)(F)F)[nH]c1=O. The molecule has 21 heavy (non-hydrogen) atoms. The second-order valence-electron chi connectivity index (χ2n) is 4.38. The third-order valence-electron chi connectivity index (χ3n) is 2.34. The van der Waals surface area contributed by atoms with Crippen LogP contribution in [-0.4, -0.2) is 30.6 Å². The van der Waals surface area contributed by atoms with Crippen LogP contribution in [0, 0.1) is 0 Å². The number of H-pyrrole nitrogens is 1. The highest BCUT2D eigenvalue weighted by Crippen LogP contribution is 2.26. The first-order chi connectivity index (χ1) is 9.71. The molecule has 1 amide bonds. The van der Waals surface area contributed by atoms with E-state index in [0.717, 1.165) is 11.6 Å². The van der Waals surface area contributed by atoms with Gasteiger partial charge in [0.15, 0.2) is 0 Å². The van der Waals surface area contributed by atoms with Crippen molar-refractivity contribution >= 4 is 5.91 Å². The Morgan fingerprint density at radius 2 is 2.10 bits per heavy atom. The highest BCUT2D eigenvalue weighted by Gasteiger charge is 2.32. The lowest BCUT2D eigenvalue weighted by atomic mass is 10.2. The van der Waals surface area contributed by atoms with Crippen molar-refractivity contribution in [2.75, 3.05) is 19.8 Å². The molecule has 2 N–H and O–H groups in total. The molecule has 0 radical (unpaired) electrons. The molecule has 1 heterocycles. The van der Waals surface area contributed by atoms with E-state index in [-0.39, 0.29) is 18.7 Å². The van der Waals surface area contributed by atoms with Gasteiger partial charge in [-0.05, 0) is 19.1 Å². The van der Waals surface area contributed by atoms with Gasteiger partial charge in [0.2, 0.25) is 0 Å². The topological polar surface area (TPSA) is 71.2 Å². The van der Waals surface area contributed by atoms with Gasteiger partial charge in [-0.25, -0.2) is 0 Å². The van der Waals surface area contributed by atoms with Crippen LogP contribution in [0.25, 0.3) is 0 Å². The summed E-state index contributed by atoms with van der Waals surface area (Å²) in [6, 6.07) is 1.49. The number of alkyl halides is 3. The fourth-order valence-corrected chi connectivity index (χ4v) is 1.40. The molecule has 0 spiro atoms. The summed E-state index contributed by atoms with van der Waals surface area (Å²) in [5.74, 6) is -0.760. The number of amides is 1. The summed E-state index contributed by atoms with van der Waals surface area (Å²) >= 11 is 0. The molecule has 1 aromatic rings. The van der Waals surface area contributed by atoms with Gasteiger partial charge in [0, 0.05) is 6.54 Å². The highest BCUT2D eigenvalue weighted by atomic mass is 19.4. The molecule has 1 rings (SSSR count). The van der Waals surface area contributed by atoms with Crippen molar-refractivity contribution in [2.45, 2.75) is 13.1 Å². The van der Waals surface area contributed by atoms with E-state index in [9.17, 15) is 22.8 Å². The van der Waals surface area contributed by atoms with Gasteiger partial charge in [-0.1, -0.05) is 12.2 Å². The molecule has 0 aliphatic carbocycles. The van der Waals surface area contributed by atoms with Crippen molar-refractivity contribution in [1.82, 2.24) is 10.3 Å². The van der Waals surface area contributed by atoms with Crippen molar-refractivity contribution < 1.29 is 22.7 Å². The van der Waals surface area contributed by atoms with Crippen LogP contribution in [0.2, 0.25) is 0 Å². The number of carbonyl (C=O) groups excluding carboxylic acids is 1. The first kappa shape index (κ1) is 17.0. The van der Waals surface area contributed by atoms with Crippen LogP contribution in [0.4, 0.5) is 13.2 Å². The van der Waals surface area contributed by atoms with Crippen molar-refractivity contribution in [3.05, 3.63) is 45.9 Å². The van der Waals surface area contributed by atoms with Crippen LogP contribution in [0.3, 0.4) is 0 Å². The summed E-state index contributed by atoms with van der Waals surface area (Å²) in [5, 5.41) is 2.38. The molecule has 0 saturated carbocycles. The van der Waals surface area contributed by atoms with Gasteiger partial charge >= 0.3 is 6.18 Å². The number of ether oxygens (including phenoxy) is 1. The van der Waals surface area contributed by atoms with Crippen LogP contribution in [0.5, 0.6) is 0 Å². The average Bonchev–Trinajstić information content (AvgIpc) is 2.36. The quantitative estimate of drug-likeness (QED) is 0.621. The fourth-order valence-electron chi connectivity index (χ4n) is 1.40. The summed E-state index contributed by atoms with van der Waals surface area (Å²) < 4.78 is 42.2. The predicted octanol–water partition coefficient (Wildman–Crippen LogP) is 1.72. The number of halogens is 3. The zero-order valence-electron chi connectivity index (χ0n) is 11.3. The Labute approximate surface area is 118 Å². The third-order valence-corrected chi connectivity index (χ3v) is 2.34. The summed E-state index contributed by atoms with van der Waals surface area (Å²) in [6.07, 6.45) is -4.66. The standard InChI is InChI=1S/C13H15F3N2O3/c1-8(2)7-21-6-5-17-11(19)9-3-4-10(13(14,15)16)18-12(9)20/h3-4H,1,5-7H2,2H3,(H,17,19)(H,18,20). The lowest BCUT2D eigenvalue weighted by molar-refractivity contribution is -0.141. The predicted molar refractivity (Wildman–Crippen MR) is 70.0 cm³/mol. The minimum absolute atomic E-state index is 0.132. The second kappa shape index (κ2) is 7.07. The van der Waals surface area contributed by atoms with E-state index in [2.05, 4.69) is 11.9 Å². The van der Waals surface area contributed by atoms with E-state index in [1.54, 1.807) is 11.9 Å². The lowest BCUT2D eigenvalue weighted by Gasteiger charge is -2.08. The van der Waals surface area contributed by atoms with E-state index in [1.807, 2.05) is 0 Å². The van der Waals surface area contributed by atoms with Crippen LogP contribution in [0.1, 0.15) is 23.0 Å². The Balaban J connectivity index is 2.59. The Kier molecular flexibility index (Phi) is 5.71. The van der Waals surface area contributed by atoms with Crippen molar-refractivity contribution in [1.29, 1.82) is 0 Å². The molecule has 1 aromatic heterocycles. The maximum Gasteiger partial charge on any atom is 0.431 e. The van der Waals surface area contributed by atoms with E-state index >= 15 is 0 Å². The Bertz CT molecular complexity index is 579. The van der Waals surface area contributed by atoms with Gasteiger partial charge in [0.1, 0.15) is 11.3 Å². The van der Waals surface area contributed by atoms with E-state index in [1.165, 1.54) is 0 Å². The number of hydrogen-bond acceptors (Lipinski definition) is 3. The van der Waals surface area contributed by atoms with E-state index < -0.39 is 23.3 Å². The second-order valence-corrected chi connectivity index (χ2v) is 4.38. The van der Waals surface area contributed by atoms with Crippen LogP contribution < -0.4 is 10.9 Å². The molecule has 0 aromatic carbocycles. The first-order valence-electron chi connectivity index (χ1n) is 6.02.